The fourth-order valence-electron chi connectivity index (χ4n) is 7.77. The predicted molar refractivity (Wildman–Crippen MR) is 149 cm³/mol. The minimum Gasteiger partial charge on any atom is -0.497 e. The predicted octanol–water partition coefficient (Wildman–Crippen LogP) is 2.53. The van der Waals surface area contributed by atoms with E-state index in [-0.39, 0.29) is 23.5 Å². The Morgan fingerprint density at radius 1 is 0.952 bits per heavy atom. The number of hydrogen-bond acceptors (Lipinski definition) is 9. The quantitative estimate of drug-likeness (QED) is 0.353. The Morgan fingerprint density at radius 2 is 1.64 bits per heavy atom. The number of rotatable bonds is 6. The summed E-state index contributed by atoms with van der Waals surface area (Å²) in [5.41, 5.74) is -2.40. The number of esters is 1. The fourth-order valence-corrected chi connectivity index (χ4v) is 7.77. The number of likely N-dealkylation sites (N-methyl/N-ethyl adjacent to an activating group) is 1. The summed E-state index contributed by atoms with van der Waals surface area (Å²) in [6.45, 7) is 0.310. The number of ketones is 1. The van der Waals surface area contributed by atoms with Crippen LogP contribution < -0.4 is 14.4 Å². The molecular weight excluding hydrogens is 540 g/mol. The Hall–Kier alpha value is -4.25. The van der Waals surface area contributed by atoms with Gasteiger partial charge in [0, 0.05) is 23.4 Å². The number of anilines is 1. The first-order valence-corrected chi connectivity index (χ1v) is 13.8. The molecule has 3 heterocycles. The van der Waals surface area contributed by atoms with Crippen LogP contribution in [0.3, 0.4) is 0 Å². The number of carbonyl (C=O) groups is 3. The number of β-lactam (4-membered cyclic amide) rings is 1. The van der Waals surface area contributed by atoms with E-state index in [0.29, 0.717) is 23.7 Å². The molecule has 42 heavy (non-hydrogen) atoms. The van der Waals surface area contributed by atoms with Gasteiger partial charge in [0.05, 0.1) is 14.2 Å². The number of para-hydroxylation sites is 1. The van der Waals surface area contributed by atoms with Crippen molar-refractivity contribution in [3.63, 3.8) is 0 Å². The Labute approximate surface area is 242 Å². The van der Waals surface area contributed by atoms with E-state index in [2.05, 4.69) is 0 Å². The van der Waals surface area contributed by atoms with Crippen molar-refractivity contribution in [2.24, 2.45) is 5.41 Å². The molecule has 10 nitrogen and oxygen atoms in total. The fraction of sp³-hybridized carbons (Fsp3) is 0.344. The van der Waals surface area contributed by atoms with Gasteiger partial charge in [-0.25, -0.2) is 0 Å². The first kappa shape index (κ1) is 26.6. The van der Waals surface area contributed by atoms with Gasteiger partial charge in [-0.15, -0.1) is 0 Å². The molecular formula is C32H30N2O8. The molecule has 3 aromatic rings. The topological polar surface area (TPSA) is 115 Å². The second kappa shape index (κ2) is 9.12. The van der Waals surface area contributed by atoms with Crippen molar-refractivity contribution in [1.29, 1.82) is 0 Å². The maximum Gasteiger partial charge on any atom is 0.317 e. The number of ether oxygens (including phenoxy) is 4. The summed E-state index contributed by atoms with van der Waals surface area (Å²) in [7, 11) is 4.51. The number of fused-ring (bicyclic) bond motifs is 2. The second-order valence-corrected chi connectivity index (χ2v) is 11.2. The number of likely N-dealkylation sites (tertiary alicyclic amines) is 1. The average Bonchev–Trinajstić information content (AvgIpc) is 3.54. The first-order valence-electron chi connectivity index (χ1n) is 13.8. The summed E-state index contributed by atoms with van der Waals surface area (Å²) in [5, 5.41) is 12.5. The van der Waals surface area contributed by atoms with E-state index in [1.807, 2.05) is 6.07 Å². The lowest BCUT2D eigenvalue weighted by atomic mass is 9.61. The monoisotopic (exact) mass is 570 g/mol. The Balaban J connectivity index is 1.43. The Morgan fingerprint density at radius 3 is 2.33 bits per heavy atom. The lowest BCUT2D eigenvalue weighted by Gasteiger charge is -2.51. The van der Waals surface area contributed by atoms with Crippen LogP contribution in [-0.4, -0.2) is 79.3 Å². The van der Waals surface area contributed by atoms with Gasteiger partial charge in [-0.2, -0.15) is 0 Å². The number of methoxy groups -OCH3 is 2. The van der Waals surface area contributed by atoms with Gasteiger partial charge in [0.25, 0.3) is 5.91 Å². The number of nitrogens with zero attached hydrogens (tertiary/aromatic N) is 2. The second-order valence-electron chi connectivity index (χ2n) is 11.2. The largest absolute Gasteiger partial charge is 0.497 e. The van der Waals surface area contributed by atoms with E-state index in [9.17, 15) is 19.5 Å². The maximum atomic E-state index is 14.4. The summed E-state index contributed by atoms with van der Waals surface area (Å²) < 4.78 is 23.6. The van der Waals surface area contributed by atoms with E-state index < -0.39 is 46.7 Å². The van der Waals surface area contributed by atoms with Crippen molar-refractivity contribution in [1.82, 2.24) is 4.90 Å². The van der Waals surface area contributed by atoms with E-state index in [1.165, 1.54) is 12.0 Å². The number of amides is 1. The standard InChI is InChI=1S/C32H30N2O8/c1-33-18-17-30(29(37)40-3)27(42-32(38)23-12-8-7-11-22(23)26(35)31(30,32)33)24-25(41-21-9-5-4-6-10-21)28(36)34(24)19-13-15-20(39-2)16-14-19/h4-16,24-25,27,38H,17-18H2,1-3H3/t24-,25+,27+,30-,31-,32+/m0/s1. The number of carbonyl (C=O) groups excluding carboxylic acids is 3. The van der Waals surface area contributed by atoms with Crippen molar-refractivity contribution >= 4 is 23.3 Å². The lowest BCUT2D eigenvalue weighted by Crippen LogP contribution is -2.75. The maximum absolute atomic E-state index is 14.4. The van der Waals surface area contributed by atoms with Crippen LogP contribution in [0.1, 0.15) is 22.3 Å². The third kappa shape index (κ3) is 3.01. The summed E-state index contributed by atoms with van der Waals surface area (Å²) in [6.07, 6.45) is -2.09. The summed E-state index contributed by atoms with van der Waals surface area (Å²) in [5.74, 6) is -2.59. The summed E-state index contributed by atoms with van der Waals surface area (Å²) >= 11 is 0. The lowest BCUT2D eigenvalue weighted by molar-refractivity contribution is -0.240. The van der Waals surface area contributed by atoms with Gasteiger partial charge in [0.2, 0.25) is 11.9 Å². The number of aliphatic hydroxyl groups is 1. The van der Waals surface area contributed by atoms with Gasteiger partial charge >= 0.3 is 5.97 Å². The third-order valence-corrected chi connectivity index (χ3v) is 9.50. The molecule has 6 atom stereocenters. The molecule has 10 heteroatoms. The van der Waals surface area contributed by atoms with Gasteiger partial charge in [-0.05, 0) is 49.9 Å². The van der Waals surface area contributed by atoms with Crippen LogP contribution in [-0.2, 0) is 24.8 Å². The van der Waals surface area contributed by atoms with E-state index in [0.717, 1.165) is 0 Å². The molecule has 7 rings (SSSR count). The van der Waals surface area contributed by atoms with Crippen molar-refractivity contribution in [3.05, 3.63) is 90.0 Å². The molecule has 1 spiro atoms. The van der Waals surface area contributed by atoms with Crippen LogP contribution in [0.2, 0.25) is 0 Å². The smallest absolute Gasteiger partial charge is 0.317 e. The molecule has 216 valence electrons. The average molecular weight is 571 g/mol. The molecule has 0 bridgehead atoms. The van der Waals surface area contributed by atoms with Gasteiger partial charge in [0.15, 0.2) is 11.3 Å². The van der Waals surface area contributed by atoms with Crippen LogP contribution in [0.25, 0.3) is 0 Å². The van der Waals surface area contributed by atoms with Crippen molar-refractivity contribution < 1.29 is 38.4 Å². The van der Waals surface area contributed by atoms with E-state index in [1.54, 1.807) is 91.9 Å². The highest BCUT2D eigenvalue weighted by molar-refractivity contribution is 6.14. The molecule has 3 aliphatic heterocycles. The van der Waals surface area contributed by atoms with Crippen LogP contribution >= 0.6 is 0 Å². The molecule has 3 saturated heterocycles. The molecule has 0 aromatic heterocycles. The zero-order chi connectivity index (χ0) is 29.4. The van der Waals surface area contributed by atoms with Crippen LogP contribution in [0, 0.1) is 5.41 Å². The van der Waals surface area contributed by atoms with Crippen molar-refractivity contribution in [2.45, 2.75) is 36.0 Å². The highest BCUT2D eigenvalue weighted by Crippen LogP contribution is 2.69. The Kier molecular flexibility index (Phi) is 5.79. The highest BCUT2D eigenvalue weighted by atomic mass is 16.7. The van der Waals surface area contributed by atoms with Gasteiger partial charge in [0.1, 0.15) is 29.1 Å². The van der Waals surface area contributed by atoms with Gasteiger partial charge in [-0.1, -0.05) is 42.5 Å². The van der Waals surface area contributed by atoms with Crippen LogP contribution in [0.4, 0.5) is 5.69 Å². The molecule has 1 amide bonds. The summed E-state index contributed by atoms with van der Waals surface area (Å²) in [4.78, 5) is 45.6. The minimum atomic E-state index is -2.19. The van der Waals surface area contributed by atoms with E-state index >= 15 is 0 Å². The Bertz CT molecular complexity index is 1600. The van der Waals surface area contributed by atoms with E-state index in [4.69, 9.17) is 18.9 Å². The SMILES string of the molecule is COC(=O)[C@@]12CCN(C)[C@@]13C(=O)c1ccccc1[C@@]3(O)O[C@@H]2[C@@H]1[C@@H](Oc2ccccc2)C(=O)N1c1ccc(OC)cc1. The third-order valence-electron chi connectivity index (χ3n) is 9.50. The molecule has 1 N–H and O–H groups in total. The zero-order valence-electron chi connectivity index (χ0n) is 23.4. The normalized spacial score (nSPS) is 33.0. The number of hydrogen-bond donors (Lipinski definition) is 1. The molecule has 1 aliphatic carbocycles. The van der Waals surface area contributed by atoms with Crippen molar-refractivity contribution in [3.8, 4) is 11.5 Å². The molecule has 3 aromatic carbocycles. The van der Waals surface area contributed by atoms with Crippen LogP contribution in [0.5, 0.6) is 11.5 Å². The molecule has 0 radical (unpaired) electrons. The molecule has 0 unspecified atom stereocenters. The minimum absolute atomic E-state index is 0.155. The number of benzene rings is 3. The van der Waals surface area contributed by atoms with Gasteiger partial charge in [-0.3, -0.25) is 24.2 Å². The number of Topliss-reactive ketones (excluding diaryl/α,β-unsaturated/α-hetero) is 1. The summed E-state index contributed by atoms with van der Waals surface area (Å²) in [6, 6.07) is 21.6. The van der Waals surface area contributed by atoms with Crippen molar-refractivity contribution in [2.75, 3.05) is 32.7 Å². The molecule has 0 saturated carbocycles. The zero-order valence-corrected chi connectivity index (χ0v) is 23.4. The van der Waals surface area contributed by atoms with Crippen LogP contribution in [0.15, 0.2) is 78.9 Å². The molecule has 4 aliphatic rings. The highest BCUT2D eigenvalue weighted by Gasteiger charge is 2.88. The first-order chi connectivity index (χ1) is 20.3. The van der Waals surface area contributed by atoms with Gasteiger partial charge < -0.3 is 24.1 Å². The molecule has 3 fully saturated rings.